The molecule has 3 aromatic carbocycles. The van der Waals surface area contributed by atoms with E-state index in [-0.39, 0.29) is 52.0 Å². The third-order valence-corrected chi connectivity index (χ3v) is 6.74. The SMILES string of the molecule is CCOC1Oc2ccc(OS(C)(=O)=O)cc2C1(C)C.CCOc1cc(Oc2ccc(C(F)(F)F)cc2Cl)ccc1[N+](=O)[O-]. The van der Waals surface area contributed by atoms with Crippen LogP contribution in [-0.2, 0) is 26.4 Å². The fourth-order valence-electron chi connectivity index (χ4n) is 3.99. The lowest BCUT2D eigenvalue weighted by atomic mass is 9.85. The molecule has 0 aliphatic carbocycles. The molecular weight excluding hydrogens is 619 g/mol. The first-order chi connectivity index (χ1) is 20.0. The van der Waals surface area contributed by atoms with Crippen LogP contribution in [0.5, 0.6) is 28.7 Å². The van der Waals surface area contributed by atoms with Gasteiger partial charge in [0.1, 0.15) is 23.0 Å². The van der Waals surface area contributed by atoms with Gasteiger partial charge in [-0.25, -0.2) is 0 Å². The maximum Gasteiger partial charge on any atom is 0.416 e. The lowest BCUT2D eigenvalue weighted by Crippen LogP contribution is -2.34. The van der Waals surface area contributed by atoms with Crippen LogP contribution in [0.2, 0.25) is 5.02 Å². The van der Waals surface area contributed by atoms with Crippen molar-refractivity contribution in [1.82, 2.24) is 0 Å². The van der Waals surface area contributed by atoms with Crippen molar-refractivity contribution in [3.05, 3.63) is 80.9 Å². The van der Waals surface area contributed by atoms with Crippen LogP contribution in [0.15, 0.2) is 54.6 Å². The van der Waals surface area contributed by atoms with Crippen molar-refractivity contribution in [3.8, 4) is 28.7 Å². The standard InChI is InChI=1S/C15H11ClF3NO4.C13H18O5S/c1-2-23-14-8-10(4-5-12(14)20(21)22)24-13-6-3-9(7-11(13)16)15(17,18)19;1-5-16-12-13(2,3)10-8-9(18-19(4,14)15)6-7-11(10)17-12/h3-8H,2H2,1H3;6-8,12H,5H2,1-4H3. The Labute approximate surface area is 251 Å². The molecule has 0 bridgehead atoms. The van der Waals surface area contributed by atoms with Crippen molar-refractivity contribution in [1.29, 1.82) is 0 Å². The molecule has 0 saturated carbocycles. The van der Waals surface area contributed by atoms with Crippen LogP contribution in [0.1, 0.15) is 38.8 Å². The van der Waals surface area contributed by atoms with Gasteiger partial charge in [-0.1, -0.05) is 11.6 Å². The van der Waals surface area contributed by atoms with Crippen molar-refractivity contribution >= 4 is 27.4 Å². The van der Waals surface area contributed by atoms with E-state index in [4.69, 9.17) is 34.7 Å². The summed E-state index contributed by atoms with van der Waals surface area (Å²) in [7, 11) is -3.53. The van der Waals surface area contributed by atoms with Gasteiger partial charge in [-0.05, 0) is 70.2 Å². The second kappa shape index (κ2) is 13.3. The van der Waals surface area contributed by atoms with Gasteiger partial charge in [0.05, 0.1) is 33.8 Å². The lowest BCUT2D eigenvalue weighted by molar-refractivity contribution is -0.385. The molecule has 4 rings (SSSR count). The summed E-state index contributed by atoms with van der Waals surface area (Å²) in [5.74, 6) is 1.11. The summed E-state index contributed by atoms with van der Waals surface area (Å²) < 4.78 is 86.9. The number of nitrogens with zero attached hydrogens (tertiary/aromatic N) is 1. The molecule has 3 aromatic rings. The average molecular weight is 648 g/mol. The van der Waals surface area contributed by atoms with Crippen LogP contribution in [0.25, 0.3) is 0 Å². The van der Waals surface area contributed by atoms with Crippen LogP contribution in [0.4, 0.5) is 18.9 Å². The Bertz CT molecular complexity index is 1580. The second-order valence-electron chi connectivity index (χ2n) is 9.64. The van der Waals surface area contributed by atoms with E-state index >= 15 is 0 Å². The Balaban J connectivity index is 0.000000242. The highest BCUT2D eigenvalue weighted by atomic mass is 35.5. The van der Waals surface area contributed by atoms with Crippen molar-refractivity contribution in [3.63, 3.8) is 0 Å². The molecule has 10 nitrogen and oxygen atoms in total. The lowest BCUT2D eigenvalue weighted by Gasteiger charge is -2.25. The Hall–Kier alpha value is -3.75. The number of rotatable bonds is 9. The molecule has 1 aliphatic heterocycles. The molecular formula is C28H29ClF3NO9S. The summed E-state index contributed by atoms with van der Waals surface area (Å²) in [4.78, 5) is 10.3. The summed E-state index contributed by atoms with van der Waals surface area (Å²) in [5, 5.41) is 10.7. The Morgan fingerprint density at radius 1 is 1.00 bits per heavy atom. The van der Waals surface area contributed by atoms with Crippen LogP contribution >= 0.6 is 11.6 Å². The molecule has 0 fully saturated rings. The van der Waals surface area contributed by atoms with E-state index in [0.29, 0.717) is 12.4 Å². The molecule has 1 atom stereocenters. The van der Waals surface area contributed by atoms with E-state index in [0.717, 1.165) is 30.0 Å². The molecule has 15 heteroatoms. The monoisotopic (exact) mass is 647 g/mol. The second-order valence-corrected chi connectivity index (χ2v) is 11.6. The number of benzene rings is 3. The molecule has 0 spiro atoms. The third-order valence-electron chi connectivity index (χ3n) is 5.95. The van der Waals surface area contributed by atoms with E-state index in [1.165, 1.54) is 18.2 Å². The van der Waals surface area contributed by atoms with Gasteiger partial charge in [0, 0.05) is 24.3 Å². The molecule has 43 heavy (non-hydrogen) atoms. The largest absolute Gasteiger partial charge is 0.487 e. The van der Waals surface area contributed by atoms with Gasteiger partial charge in [0.15, 0.2) is 0 Å². The number of hydrogen-bond acceptors (Lipinski definition) is 9. The fraction of sp³-hybridized carbons (Fsp3) is 0.357. The molecule has 1 aliphatic rings. The quantitative estimate of drug-likeness (QED) is 0.132. The molecule has 0 N–H and O–H groups in total. The van der Waals surface area contributed by atoms with E-state index in [9.17, 15) is 31.7 Å². The number of ether oxygens (including phenoxy) is 4. The Kier molecular flexibility index (Phi) is 10.4. The van der Waals surface area contributed by atoms with Crippen LogP contribution < -0.4 is 18.4 Å². The Morgan fingerprint density at radius 2 is 1.67 bits per heavy atom. The van der Waals surface area contributed by atoms with E-state index in [1.54, 1.807) is 25.1 Å². The van der Waals surface area contributed by atoms with Gasteiger partial charge >= 0.3 is 22.0 Å². The number of alkyl halides is 3. The zero-order valence-electron chi connectivity index (χ0n) is 23.7. The molecule has 0 radical (unpaired) electrons. The van der Waals surface area contributed by atoms with Crippen molar-refractivity contribution < 1.29 is 49.6 Å². The predicted molar refractivity (Wildman–Crippen MR) is 152 cm³/mol. The number of nitro groups is 1. The van der Waals surface area contributed by atoms with E-state index in [1.807, 2.05) is 20.8 Å². The topological polar surface area (TPSA) is 123 Å². The minimum atomic E-state index is -4.52. The number of halogens is 4. The molecule has 0 amide bonds. The first-order valence-electron chi connectivity index (χ1n) is 12.7. The summed E-state index contributed by atoms with van der Waals surface area (Å²) in [6.07, 6.45) is -3.87. The summed E-state index contributed by atoms with van der Waals surface area (Å²) in [6.45, 7) is 8.29. The Morgan fingerprint density at radius 3 is 2.23 bits per heavy atom. The van der Waals surface area contributed by atoms with Gasteiger partial charge in [-0.15, -0.1) is 0 Å². The zero-order valence-corrected chi connectivity index (χ0v) is 25.3. The van der Waals surface area contributed by atoms with Crippen LogP contribution in [-0.4, -0.2) is 39.1 Å². The van der Waals surface area contributed by atoms with Crippen molar-refractivity contribution in [2.24, 2.45) is 0 Å². The smallest absolute Gasteiger partial charge is 0.416 e. The minimum absolute atomic E-state index is 0.0111. The molecule has 0 saturated heterocycles. The highest BCUT2D eigenvalue weighted by Crippen LogP contribution is 2.45. The first-order valence-corrected chi connectivity index (χ1v) is 14.9. The number of hydrogen-bond donors (Lipinski definition) is 0. The number of nitro benzene ring substituents is 1. The van der Waals surface area contributed by atoms with Gasteiger partial charge in [-0.3, -0.25) is 10.1 Å². The number of fused-ring (bicyclic) bond motifs is 1. The van der Waals surface area contributed by atoms with Gasteiger partial charge in [0.2, 0.25) is 12.0 Å². The highest BCUT2D eigenvalue weighted by molar-refractivity contribution is 7.86. The minimum Gasteiger partial charge on any atom is -0.487 e. The first kappa shape index (κ1) is 33.7. The van der Waals surface area contributed by atoms with Crippen molar-refractivity contribution in [2.45, 2.75) is 45.6 Å². The average Bonchev–Trinajstić information content (AvgIpc) is 3.13. The molecule has 1 unspecified atom stereocenters. The molecule has 0 aromatic heterocycles. The van der Waals surface area contributed by atoms with Gasteiger partial charge in [0.25, 0.3) is 0 Å². The van der Waals surface area contributed by atoms with Crippen LogP contribution in [0, 0.1) is 10.1 Å². The maximum absolute atomic E-state index is 12.6. The van der Waals surface area contributed by atoms with Gasteiger partial charge < -0.3 is 23.1 Å². The zero-order chi connectivity index (χ0) is 32.2. The molecule has 234 valence electrons. The van der Waals surface area contributed by atoms with E-state index in [2.05, 4.69) is 0 Å². The van der Waals surface area contributed by atoms with Crippen molar-refractivity contribution in [2.75, 3.05) is 19.5 Å². The fourth-order valence-corrected chi connectivity index (χ4v) is 4.66. The summed E-state index contributed by atoms with van der Waals surface area (Å²) >= 11 is 5.80. The third kappa shape index (κ3) is 8.65. The maximum atomic E-state index is 12.6. The summed E-state index contributed by atoms with van der Waals surface area (Å²) in [6, 6.07) is 11.4. The van der Waals surface area contributed by atoms with E-state index < -0.39 is 26.8 Å². The normalized spacial score (nSPS) is 15.4. The molecule has 1 heterocycles. The van der Waals surface area contributed by atoms with Gasteiger partial charge in [-0.2, -0.15) is 21.6 Å². The predicted octanol–water partition coefficient (Wildman–Crippen LogP) is 7.52. The van der Waals surface area contributed by atoms with Crippen LogP contribution in [0.3, 0.4) is 0 Å². The highest BCUT2D eigenvalue weighted by Gasteiger charge is 2.42. The summed E-state index contributed by atoms with van der Waals surface area (Å²) in [5.41, 5.74) is -0.629.